The monoisotopic (exact) mass is 254 g/mol. The Morgan fingerprint density at radius 3 is 2.47 bits per heavy atom. The first-order valence-corrected chi connectivity index (χ1v) is 7.16. The quantitative estimate of drug-likeness (QED) is 0.815. The molecule has 4 nitrogen and oxygen atoms in total. The van der Waals surface area contributed by atoms with Gasteiger partial charge in [0.25, 0.3) is 0 Å². The molecule has 1 aliphatic rings. The van der Waals surface area contributed by atoms with E-state index < -0.39 is 10.0 Å². The van der Waals surface area contributed by atoms with Gasteiger partial charge in [-0.25, -0.2) is 12.7 Å². The molecule has 1 heterocycles. The molecule has 0 amide bonds. The van der Waals surface area contributed by atoms with E-state index in [1.165, 1.54) is 9.87 Å². The van der Waals surface area contributed by atoms with Gasteiger partial charge in [-0.2, -0.15) is 0 Å². The van der Waals surface area contributed by atoms with Gasteiger partial charge in [0.1, 0.15) is 0 Å². The van der Waals surface area contributed by atoms with Crippen LogP contribution in [-0.2, 0) is 23.1 Å². The van der Waals surface area contributed by atoms with Gasteiger partial charge in [0, 0.05) is 27.2 Å². The van der Waals surface area contributed by atoms with E-state index in [1.807, 2.05) is 6.07 Å². The zero-order chi connectivity index (χ0) is 12.6. The maximum atomic E-state index is 12.0. The molecule has 0 aromatic heterocycles. The second kappa shape index (κ2) is 4.40. The average Bonchev–Trinajstić information content (AvgIpc) is 2.70. The third kappa shape index (κ3) is 2.22. The van der Waals surface area contributed by atoms with Crippen molar-refractivity contribution in [2.24, 2.45) is 0 Å². The predicted molar refractivity (Wildman–Crippen MR) is 67.1 cm³/mol. The van der Waals surface area contributed by atoms with E-state index in [9.17, 15) is 8.42 Å². The second-order valence-corrected chi connectivity index (χ2v) is 6.67. The molecule has 0 aliphatic carbocycles. The maximum absolute atomic E-state index is 12.0. The van der Waals surface area contributed by atoms with Crippen LogP contribution in [0.1, 0.15) is 18.1 Å². The Labute approximate surface area is 103 Å². The van der Waals surface area contributed by atoms with Crippen LogP contribution in [0.4, 0.5) is 0 Å². The Morgan fingerprint density at radius 1 is 1.24 bits per heavy atom. The standard InChI is InChI=1S/C12H18N2O2S/c1-4-14-8-10-5-6-12(7-11(10)9-14)17(15,16)13(2)3/h5-7H,4,8-9H2,1-3H3. The maximum Gasteiger partial charge on any atom is 0.242 e. The zero-order valence-corrected chi connectivity index (χ0v) is 11.3. The van der Waals surface area contributed by atoms with E-state index >= 15 is 0 Å². The summed E-state index contributed by atoms with van der Waals surface area (Å²) in [6, 6.07) is 5.44. The van der Waals surface area contributed by atoms with Crippen molar-refractivity contribution >= 4 is 10.0 Å². The van der Waals surface area contributed by atoms with Crippen LogP contribution in [0.5, 0.6) is 0 Å². The Bertz CT molecular complexity index is 523. The van der Waals surface area contributed by atoms with Gasteiger partial charge >= 0.3 is 0 Å². The predicted octanol–water partition coefficient (Wildman–Crippen LogP) is 1.27. The molecule has 94 valence electrons. The normalized spacial score (nSPS) is 16.5. The van der Waals surface area contributed by atoms with Crippen LogP contribution < -0.4 is 0 Å². The van der Waals surface area contributed by atoms with E-state index in [-0.39, 0.29) is 0 Å². The zero-order valence-electron chi connectivity index (χ0n) is 10.5. The Hall–Kier alpha value is -0.910. The first-order valence-electron chi connectivity index (χ1n) is 5.72. The number of sulfonamides is 1. The summed E-state index contributed by atoms with van der Waals surface area (Å²) in [7, 11) is -0.195. The van der Waals surface area contributed by atoms with Gasteiger partial charge in [0.05, 0.1) is 4.90 Å². The number of hydrogen-bond acceptors (Lipinski definition) is 3. The van der Waals surface area contributed by atoms with E-state index in [4.69, 9.17) is 0 Å². The molecule has 0 fully saturated rings. The lowest BCUT2D eigenvalue weighted by Gasteiger charge is -2.12. The number of fused-ring (bicyclic) bond motifs is 1. The lowest BCUT2D eigenvalue weighted by molar-refractivity contribution is 0.301. The highest BCUT2D eigenvalue weighted by Crippen LogP contribution is 2.25. The summed E-state index contributed by atoms with van der Waals surface area (Å²) in [6.07, 6.45) is 0. The molecule has 2 rings (SSSR count). The summed E-state index contributed by atoms with van der Waals surface area (Å²) >= 11 is 0. The lowest BCUT2D eigenvalue weighted by atomic mass is 10.1. The summed E-state index contributed by atoms with van der Waals surface area (Å²) in [5.74, 6) is 0. The van der Waals surface area contributed by atoms with Crippen LogP contribution in [0, 0.1) is 0 Å². The molecule has 0 unspecified atom stereocenters. The topological polar surface area (TPSA) is 40.6 Å². The van der Waals surface area contributed by atoms with Crippen LogP contribution in [0.2, 0.25) is 0 Å². The van der Waals surface area contributed by atoms with Gasteiger partial charge in [-0.15, -0.1) is 0 Å². The largest absolute Gasteiger partial charge is 0.295 e. The molecule has 0 saturated heterocycles. The summed E-state index contributed by atoms with van der Waals surface area (Å²) in [4.78, 5) is 2.68. The molecular formula is C12H18N2O2S. The second-order valence-electron chi connectivity index (χ2n) is 4.52. The molecule has 1 aromatic rings. The number of benzene rings is 1. The van der Waals surface area contributed by atoms with E-state index in [0.717, 1.165) is 25.2 Å². The van der Waals surface area contributed by atoms with Gasteiger partial charge < -0.3 is 0 Å². The minimum Gasteiger partial charge on any atom is -0.295 e. The third-order valence-electron chi connectivity index (χ3n) is 3.19. The van der Waals surface area contributed by atoms with E-state index in [1.54, 1.807) is 26.2 Å². The number of nitrogens with zero attached hydrogens (tertiary/aromatic N) is 2. The fourth-order valence-corrected chi connectivity index (χ4v) is 2.99. The van der Waals surface area contributed by atoms with E-state index in [2.05, 4.69) is 11.8 Å². The van der Waals surface area contributed by atoms with Crippen molar-refractivity contribution in [2.75, 3.05) is 20.6 Å². The summed E-state index contributed by atoms with van der Waals surface area (Å²) < 4.78 is 25.2. The van der Waals surface area contributed by atoms with Crippen molar-refractivity contribution in [3.8, 4) is 0 Å². The van der Waals surface area contributed by atoms with Crippen LogP contribution in [-0.4, -0.2) is 38.3 Å². The molecule has 0 bridgehead atoms. The van der Waals surface area contributed by atoms with Crippen molar-refractivity contribution in [3.63, 3.8) is 0 Å². The number of rotatable bonds is 3. The first-order chi connectivity index (χ1) is 7.95. The van der Waals surface area contributed by atoms with Crippen LogP contribution >= 0.6 is 0 Å². The van der Waals surface area contributed by atoms with Crippen LogP contribution in [0.25, 0.3) is 0 Å². The summed E-state index contributed by atoms with van der Waals surface area (Å²) in [5, 5.41) is 0. The fraction of sp³-hybridized carbons (Fsp3) is 0.500. The van der Waals surface area contributed by atoms with Crippen LogP contribution in [0.3, 0.4) is 0 Å². The highest BCUT2D eigenvalue weighted by molar-refractivity contribution is 7.89. The van der Waals surface area contributed by atoms with Crippen molar-refractivity contribution in [1.29, 1.82) is 0 Å². The molecule has 1 aliphatic heterocycles. The minimum atomic E-state index is -3.31. The van der Waals surface area contributed by atoms with Crippen molar-refractivity contribution in [3.05, 3.63) is 29.3 Å². The van der Waals surface area contributed by atoms with Gasteiger partial charge in [0.2, 0.25) is 10.0 Å². The van der Waals surface area contributed by atoms with Crippen molar-refractivity contribution < 1.29 is 8.42 Å². The smallest absolute Gasteiger partial charge is 0.242 e. The lowest BCUT2D eigenvalue weighted by Crippen LogP contribution is -2.22. The average molecular weight is 254 g/mol. The Balaban J connectivity index is 2.38. The molecule has 0 saturated carbocycles. The van der Waals surface area contributed by atoms with Crippen molar-refractivity contribution in [1.82, 2.24) is 9.21 Å². The summed E-state index contributed by atoms with van der Waals surface area (Å²) in [5.41, 5.74) is 2.37. The van der Waals surface area contributed by atoms with Gasteiger partial charge in [-0.3, -0.25) is 4.90 Å². The Kier molecular flexibility index (Phi) is 3.25. The molecule has 17 heavy (non-hydrogen) atoms. The van der Waals surface area contributed by atoms with Gasteiger partial charge in [0.15, 0.2) is 0 Å². The Morgan fingerprint density at radius 2 is 1.88 bits per heavy atom. The highest BCUT2D eigenvalue weighted by Gasteiger charge is 2.22. The molecular weight excluding hydrogens is 236 g/mol. The molecule has 0 atom stereocenters. The minimum absolute atomic E-state index is 0.388. The molecule has 0 radical (unpaired) electrons. The highest BCUT2D eigenvalue weighted by atomic mass is 32.2. The van der Waals surface area contributed by atoms with Crippen molar-refractivity contribution in [2.45, 2.75) is 24.9 Å². The fourth-order valence-electron chi connectivity index (χ4n) is 2.04. The SMILES string of the molecule is CCN1Cc2ccc(S(=O)(=O)N(C)C)cc2C1. The molecule has 0 N–H and O–H groups in total. The first kappa shape index (κ1) is 12.5. The van der Waals surface area contributed by atoms with Gasteiger partial charge in [-0.05, 0) is 29.8 Å². The molecule has 5 heteroatoms. The van der Waals surface area contributed by atoms with Crippen LogP contribution in [0.15, 0.2) is 23.1 Å². The number of hydrogen-bond donors (Lipinski definition) is 0. The van der Waals surface area contributed by atoms with Gasteiger partial charge in [-0.1, -0.05) is 13.0 Å². The molecule has 0 spiro atoms. The summed E-state index contributed by atoms with van der Waals surface area (Å²) in [6.45, 7) is 4.88. The molecule has 1 aromatic carbocycles. The van der Waals surface area contributed by atoms with E-state index in [0.29, 0.717) is 4.90 Å². The third-order valence-corrected chi connectivity index (χ3v) is 5.00.